The van der Waals surface area contributed by atoms with Gasteiger partial charge in [-0.2, -0.15) is 0 Å². The Bertz CT molecular complexity index is 823. The number of carbonyl (C=O) groups excluding carboxylic acids is 1. The Labute approximate surface area is 165 Å². The van der Waals surface area contributed by atoms with Gasteiger partial charge in [0.1, 0.15) is 6.29 Å². The Morgan fingerprint density at radius 1 is 0.963 bits per heavy atom. The van der Waals surface area contributed by atoms with E-state index in [2.05, 4.69) is 79.4 Å². The van der Waals surface area contributed by atoms with Gasteiger partial charge in [0.25, 0.3) is 0 Å². The molecule has 0 radical (unpaired) electrons. The normalized spacial score (nSPS) is 14.6. The number of aromatic nitrogens is 1. The van der Waals surface area contributed by atoms with E-state index >= 15 is 0 Å². The largest absolute Gasteiger partial charge is 0.358 e. The highest BCUT2D eigenvalue weighted by molar-refractivity contribution is 5.90. The topological polar surface area (TPSA) is 58.9 Å². The molecule has 0 saturated heterocycles. The summed E-state index contributed by atoms with van der Waals surface area (Å²) in [5, 5.41) is 1.28. The van der Waals surface area contributed by atoms with E-state index in [1.54, 1.807) is 0 Å². The van der Waals surface area contributed by atoms with Crippen molar-refractivity contribution < 1.29 is 4.79 Å². The van der Waals surface area contributed by atoms with Crippen LogP contribution in [0.2, 0.25) is 0 Å². The van der Waals surface area contributed by atoms with Crippen molar-refractivity contribution in [3.63, 3.8) is 0 Å². The van der Waals surface area contributed by atoms with Crippen LogP contribution in [0.1, 0.15) is 84.7 Å². The molecule has 0 spiro atoms. The fourth-order valence-corrected chi connectivity index (χ4v) is 3.72. The fraction of sp³-hybridized carbons (Fsp3) is 0.625. The lowest BCUT2D eigenvalue weighted by Crippen LogP contribution is -2.22. The summed E-state index contributed by atoms with van der Waals surface area (Å²) in [5.41, 5.74) is 12.2. The van der Waals surface area contributed by atoms with Crippen LogP contribution in [0.4, 0.5) is 0 Å². The first-order valence-corrected chi connectivity index (χ1v) is 10.1. The minimum Gasteiger partial charge on any atom is -0.358 e. The third-order valence-corrected chi connectivity index (χ3v) is 5.39. The predicted octanol–water partition coefficient (Wildman–Crippen LogP) is 5.38. The molecule has 0 aliphatic carbocycles. The Morgan fingerprint density at radius 3 is 1.96 bits per heavy atom. The zero-order chi connectivity index (χ0) is 20.8. The average molecular weight is 371 g/mol. The third kappa shape index (κ3) is 4.45. The summed E-state index contributed by atoms with van der Waals surface area (Å²) in [4.78, 5) is 15.3. The molecule has 0 saturated carbocycles. The second-order valence-electron chi connectivity index (χ2n) is 11.0. The summed E-state index contributed by atoms with van der Waals surface area (Å²) >= 11 is 0. The van der Waals surface area contributed by atoms with Gasteiger partial charge in [0.05, 0.1) is 0 Å². The number of aldehydes is 1. The highest BCUT2D eigenvalue weighted by Crippen LogP contribution is 2.41. The summed E-state index contributed by atoms with van der Waals surface area (Å²) in [5.74, 6) is -0.153. The van der Waals surface area contributed by atoms with Crippen molar-refractivity contribution in [3.05, 3.63) is 34.5 Å². The van der Waals surface area contributed by atoms with E-state index in [0.717, 1.165) is 6.29 Å². The lowest BCUT2D eigenvalue weighted by Gasteiger charge is -2.27. The first-order valence-electron chi connectivity index (χ1n) is 10.1. The molecule has 3 nitrogen and oxygen atoms in total. The number of fused-ring (bicyclic) bond motifs is 1. The average Bonchev–Trinajstić information content (AvgIpc) is 2.88. The van der Waals surface area contributed by atoms with Gasteiger partial charge in [0.2, 0.25) is 0 Å². The van der Waals surface area contributed by atoms with Crippen LogP contribution < -0.4 is 5.73 Å². The number of nitrogens with one attached hydrogen (secondary N) is 1. The number of hydrogen-bond donors (Lipinski definition) is 2. The van der Waals surface area contributed by atoms with Crippen molar-refractivity contribution in [3.8, 4) is 0 Å². The standard InChI is InChI=1S/C24H38N2O/c1-22(2,3)16-11-18(23(4,5)6)20-17(10-15(13-25)14-27)21(24(7,8)9)26-19(20)12-16/h11-12,14-15,26H,10,13,25H2,1-9H3. The molecule has 0 aliphatic heterocycles. The van der Waals surface area contributed by atoms with E-state index < -0.39 is 0 Å². The van der Waals surface area contributed by atoms with E-state index in [0.29, 0.717) is 13.0 Å². The molecule has 1 atom stereocenters. The molecule has 2 rings (SSSR count). The molecule has 3 heteroatoms. The van der Waals surface area contributed by atoms with Crippen molar-refractivity contribution in [1.29, 1.82) is 0 Å². The molecule has 1 heterocycles. The minimum absolute atomic E-state index is 0.00496. The summed E-state index contributed by atoms with van der Waals surface area (Å²) in [6.45, 7) is 20.6. The molecule has 3 N–H and O–H groups in total. The monoisotopic (exact) mass is 370 g/mol. The molecule has 1 unspecified atom stereocenters. The molecular weight excluding hydrogens is 332 g/mol. The van der Waals surface area contributed by atoms with Crippen LogP contribution in [0, 0.1) is 5.92 Å². The fourth-order valence-electron chi connectivity index (χ4n) is 3.72. The van der Waals surface area contributed by atoms with Crippen LogP contribution >= 0.6 is 0 Å². The van der Waals surface area contributed by atoms with Gasteiger partial charge in [0.15, 0.2) is 0 Å². The molecule has 150 valence electrons. The number of rotatable bonds is 4. The molecular formula is C24H38N2O. The molecule has 0 aliphatic rings. The van der Waals surface area contributed by atoms with Gasteiger partial charge in [-0.05, 0) is 40.0 Å². The maximum absolute atomic E-state index is 11.5. The second-order valence-corrected chi connectivity index (χ2v) is 11.0. The van der Waals surface area contributed by atoms with Gasteiger partial charge >= 0.3 is 0 Å². The lowest BCUT2D eigenvalue weighted by molar-refractivity contribution is -0.110. The summed E-state index contributed by atoms with van der Waals surface area (Å²) in [6, 6.07) is 4.66. The van der Waals surface area contributed by atoms with Gasteiger partial charge in [-0.15, -0.1) is 0 Å². The van der Waals surface area contributed by atoms with Gasteiger partial charge in [-0.1, -0.05) is 68.4 Å². The highest BCUT2D eigenvalue weighted by Gasteiger charge is 2.29. The number of carbonyl (C=O) groups is 1. The van der Waals surface area contributed by atoms with Crippen LogP contribution in [-0.4, -0.2) is 17.8 Å². The van der Waals surface area contributed by atoms with Gasteiger partial charge < -0.3 is 15.5 Å². The molecule has 27 heavy (non-hydrogen) atoms. The maximum atomic E-state index is 11.5. The summed E-state index contributed by atoms with van der Waals surface area (Å²) in [7, 11) is 0. The quantitative estimate of drug-likeness (QED) is 0.710. The van der Waals surface area contributed by atoms with Gasteiger partial charge in [-0.25, -0.2) is 0 Å². The number of benzene rings is 1. The Hall–Kier alpha value is -1.61. The molecule has 1 aromatic heterocycles. The highest BCUT2D eigenvalue weighted by atomic mass is 16.1. The van der Waals surface area contributed by atoms with E-state index in [1.165, 1.54) is 33.3 Å². The summed E-state index contributed by atoms with van der Waals surface area (Å²) in [6.07, 6.45) is 1.69. The van der Waals surface area contributed by atoms with E-state index in [9.17, 15) is 4.79 Å². The summed E-state index contributed by atoms with van der Waals surface area (Å²) < 4.78 is 0. The Kier molecular flexibility index (Phi) is 5.69. The van der Waals surface area contributed by atoms with Crippen molar-refractivity contribution in [2.75, 3.05) is 6.54 Å². The second kappa shape index (κ2) is 7.09. The smallest absolute Gasteiger partial charge is 0.124 e. The van der Waals surface area contributed by atoms with Gasteiger partial charge in [-0.3, -0.25) is 0 Å². The van der Waals surface area contributed by atoms with Crippen molar-refractivity contribution in [2.45, 2.75) is 85.0 Å². The molecule has 2 aromatic rings. The number of nitrogens with two attached hydrogens (primary N) is 1. The van der Waals surface area contributed by atoms with Crippen LogP contribution in [0.15, 0.2) is 12.1 Å². The molecule has 0 amide bonds. The van der Waals surface area contributed by atoms with E-state index in [-0.39, 0.29) is 22.2 Å². The first-order chi connectivity index (χ1) is 12.2. The van der Waals surface area contributed by atoms with E-state index in [4.69, 9.17) is 5.73 Å². The number of H-pyrrole nitrogens is 1. The van der Waals surface area contributed by atoms with Crippen molar-refractivity contribution in [2.24, 2.45) is 11.7 Å². The van der Waals surface area contributed by atoms with Crippen molar-refractivity contribution in [1.82, 2.24) is 4.98 Å². The lowest BCUT2D eigenvalue weighted by atomic mass is 9.77. The third-order valence-electron chi connectivity index (χ3n) is 5.39. The maximum Gasteiger partial charge on any atom is 0.124 e. The zero-order valence-electron chi connectivity index (χ0n) is 18.7. The SMILES string of the molecule is CC(C)(C)c1cc(C(C)(C)C)c2c(CC(C=O)CN)c(C(C)(C)C)[nH]c2c1. The number of hydrogen-bond acceptors (Lipinski definition) is 2. The molecule has 0 bridgehead atoms. The molecule has 0 fully saturated rings. The number of aromatic amines is 1. The zero-order valence-corrected chi connectivity index (χ0v) is 18.7. The van der Waals surface area contributed by atoms with Crippen LogP contribution in [-0.2, 0) is 27.5 Å². The van der Waals surface area contributed by atoms with Crippen LogP contribution in [0.5, 0.6) is 0 Å². The Morgan fingerprint density at radius 2 is 1.56 bits per heavy atom. The van der Waals surface area contributed by atoms with Crippen LogP contribution in [0.25, 0.3) is 10.9 Å². The minimum atomic E-state index is -0.153. The van der Waals surface area contributed by atoms with E-state index in [1.807, 2.05) is 0 Å². The predicted molar refractivity (Wildman–Crippen MR) is 117 cm³/mol. The van der Waals surface area contributed by atoms with Crippen molar-refractivity contribution >= 4 is 17.2 Å². The molecule has 1 aromatic carbocycles. The van der Waals surface area contributed by atoms with Crippen LogP contribution in [0.3, 0.4) is 0 Å². The Balaban J connectivity index is 2.94. The first kappa shape index (κ1) is 21.7. The van der Waals surface area contributed by atoms with Gasteiger partial charge in [0, 0.05) is 34.5 Å².